The SMILES string of the molecule is CCNc1nc2cccc(-c3cc4c(-c5cnn([C@H]6CC[C@H](O)CC6)c5)cnc(N)c4o3)c2s1. The van der Waals surface area contributed by atoms with Crippen LogP contribution in [-0.2, 0) is 0 Å². The summed E-state index contributed by atoms with van der Waals surface area (Å²) in [6.07, 6.45) is 9.04. The molecule has 4 heterocycles. The predicted octanol–water partition coefficient (Wildman–Crippen LogP) is 5.46. The molecule has 0 saturated heterocycles. The Hall–Kier alpha value is -3.43. The van der Waals surface area contributed by atoms with E-state index in [2.05, 4.69) is 33.5 Å². The van der Waals surface area contributed by atoms with Gasteiger partial charge in [0.2, 0.25) is 0 Å². The van der Waals surface area contributed by atoms with Crippen LogP contribution >= 0.6 is 11.3 Å². The molecular weight excluding hydrogens is 448 g/mol. The molecule has 4 N–H and O–H groups in total. The fourth-order valence-electron chi connectivity index (χ4n) is 4.78. The third-order valence-corrected chi connectivity index (χ3v) is 7.61. The van der Waals surface area contributed by atoms with Crippen molar-refractivity contribution in [3.63, 3.8) is 0 Å². The summed E-state index contributed by atoms with van der Waals surface area (Å²) < 4.78 is 9.36. The van der Waals surface area contributed by atoms with E-state index < -0.39 is 0 Å². The highest BCUT2D eigenvalue weighted by Gasteiger charge is 2.23. The van der Waals surface area contributed by atoms with E-state index in [-0.39, 0.29) is 6.10 Å². The molecule has 1 aromatic carbocycles. The highest BCUT2D eigenvalue weighted by atomic mass is 32.1. The first-order valence-electron chi connectivity index (χ1n) is 11.6. The standard InChI is InChI=1S/C25H26N6O2S/c1-2-27-25-30-20-5-3-4-17(23(20)34-25)21-10-18-19(12-28-24(26)22(18)33-21)14-11-29-31(13-14)15-6-8-16(32)9-7-15/h3-5,10-13,15-16,32H,2,6-9H2,1H3,(H2,26,28)(H,27,30)/t15-,16-. The molecule has 4 aromatic heterocycles. The first-order chi connectivity index (χ1) is 16.6. The lowest BCUT2D eigenvalue weighted by Gasteiger charge is -2.25. The van der Waals surface area contributed by atoms with Gasteiger partial charge in [-0.1, -0.05) is 17.4 Å². The number of anilines is 2. The Bertz CT molecular complexity index is 1480. The summed E-state index contributed by atoms with van der Waals surface area (Å²) in [6, 6.07) is 8.40. The molecule has 1 saturated carbocycles. The quantitative estimate of drug-likeness (QED) is 0.310. The summed E-state index contributed by atoms with van der Waals surface area (Å²) in [4.78, 5) is 9.09. The van der Waals surface area contributed by atoms with Crippen molar-refractivity contribution in [1.82, 2.24) is 19.7 Å². The Balaban J connectivity index is 1.42. The van der Waals surface area contributed by atoms with Gasteiger partial charge in [-0.15, -0.1) is 0 Å². The lowest BCUT2D eigenvalue weighted by Crippen LogP contribution is -2.21. The first kappa shape index (κ1) is 21.1. The number of hydrogen-bond acceptors (Lipinski definition) is 8. The van der Waals surface area contributed by atoms with Gasteiger partial charge in [-0.05, 0) is 50.8 Å². The van der Waals surface area contributed by atoms with Gasteiger partial charge >= 0.3 is 0 Å². The monoisotopic (exact) mass is 474 g/mol. The number of nitrogens with two attached hydrogens (primary N) is 1. The van der Waals surface area contributed by atoms with Crippen molar-refractivity contribution in [2.24, 2.45) is 0 Å². The summed E-state index contributed by atoms with van der Waals surface area (Å²) >= 11 is 1.62. The minimum atomic E-state index is -0.187. The molecule has 1 fully saturated rings. The van der Waals surface area contributed by atoms with E-state index >= 15 is 0 Å². The first-order valence-corrected chi connectivity index (χ1v) is 12.5. The average molecular weight is 475 g/mol. The third-order valence-electron chi connectivity index (χ3n) is 6.55. The molecule has 0 bridgehead atoms. The second kappa shape index (κ2) is 8.41. The van der Waals surface area contributed by atoms with Crippen molar-refractivity contribution < 1.29 is 9.52 Å². The van der Waals surface area contributed by atoms with Crippen LogP contribution in [0.3, 0.4) is 0 Å². The molecule has 0 atom stereocenters. The topological polar surface area (TPSA) is 115 Å². The Labute approximate surface area is 200 Å². The molecule has 174 valence electrons. The minimum Gasteiger partial charge on any atom is -0.452 e. The van der Waals surface area contributed by atoms with Crippen LogP contribution in [0.5, 0.6) is 0 Å². The third kappa shape index (κ3) is 3.61. The minimum absolute atomic E-state index is 0.187. The number of pyridine rings is 1. The molecule has 0 unspecified atom stereocenters. The van der Waals surface area contributed by atoms with Crippen molar-refractivity contribution in [3.8, 4) is 22.5 Å². The summed E-state index contributed by atoms with van der Waals surface area (Å²) in [5.74, 6) is 1.10. The van der Waals surface area contributed by atoms with E-state index in [1.807, 2.05) is 35.1 Å². The van der Waals surface area contributed by atoms with Gasteiger partial charge in [-0.25, -0.2) is 9.97 Å². The predicted molar refractivity (Wildman–Crippen MR) is 136 cm³/mol. The van der Waals surface area contributed by atoms with Crippen LogP contribution in [0, 0.1) is 0 Å². The highest BCUT2D eigenvalue weighted by molar-refractivity contribution is 7.22. The number of fused-ring (bicyclic) bond motifs is 2. The van der Waals surface area contributed by atoms with Gasteiger partial charge in [0.15, 0.2) is 16.5 Å². The average Bonchev–Trinajstić information content (AvgIpc) is 3.58. The molecule has 0 spiro atoms. The van der Waals surface area contributed by atoms with Gasteiger partial charge in [0, 0.05) is 41.0 Å². The van der Waals surface area contributed by atoms with E-state index in [1.54, 1.807) is 17.5 Å². The van der Waals surface area contributed by atoms with Gasteiger partial charge in [0.05, 0.1) is 28.6 Å². The number of hydrogen-bond donors (Lipinski definition) is 3. The molecule has 9 heteroatoms. The fraction of sp³-hybridized carbons (Fsp3) is 0.320. The number of benzene rings is 1. The molecule has 8 nitrogen and oxygen atoms in total. The number of thiazole rings is 1. The van der Waals surface area contributed by atoms with Gasteiger partial charge in [-0.2, -0.15) is 5.10 Å². The summed E-state index contributed by atoms with van der Waals surface area (Å²) in [6.45, 7) is 2.88. The summed E-state index contributed by atoms with van der Waals surface area (Å²) in [5, 5.41) is 19.6. The van der Waals surface area contributed by atoms with E-state index in [0.29, 0.717) is 17.4 Å². The lowest BCUT2D eigenvalue weighted by atomic mass is 9.93. The van der Waals surface area contributed by atoms with Crippen LogP contribution in [0.2, 0.25) is 0 Å². The van der Waals surface area contributed by atoms with Gasteiger partial charge < -0.3 is 20.6 Å². The number of nitrogen functional groups attached to an aromatic ring is 1. The van der Waals surface area contributed by atoms with Crippen LogP contribution in [0.1, 0.15) is 38.6 Å². The second-order valence-corrected chi connectivity index (χ2v) is 9.78. The van der Waals surface area contributed by atoms with E-state index in [4.69, 9.17) is 10.2 Å². The van der Waals surface area contributed by atoms with Crippen LogP contribution in [0.15, 0.2) is 47.3 Å². The molecule has 0 radical (unpaired) electrons. The Morgan fingerprint density at radius 1 is 1.21 bits per heavy atom. The van der Waals surface area contributed by atoms with Crippen LogP contribution < -0.4 is 11.1 Å². The number of nitrogens with one attached hydrogen (secondary N) is 1. The molecular formula is C25H26N6O2S. The second-order valence-electron chi connectivity index (χ2n) is 8.79. The Morgan fingerprint density at radius 3 is 2.88 bits per heavy atom. The summed E-state index contributed by atoms with van der Waals surface area (Å²) in [5.41, 5.74) is 10.6. The normalized spacial score (nSPS) is 18.6. The van der Waals surface area contributed by atoms with Crippen LogP contribution in [-0.4, -0.2) is 37.5 Å². The molecule has 34 heavy (non-hydrogen) atoms. The zero-order chi connectivity index (χ0) is 23.2. The number of aromatic nitrogens is 4. The van der Waals surface area contributed by atoms with Crippen molar-refractivity contribution in [1.29, 1.82) is 0 Å². The smallest absolute Gasteiger partial charge is 0.183 e. The van der Waals surface area contributed by atoms with Gasteiger partial charge in [-0.3, -0.25) is 4.68 Å². The number of rotatable bonds is 5. The van der Waals surface area contributed by atoms with Crippen molar-refractivity contribution in [2.45, 2.75) is 44.8 Å². The summed E-state index contributed by atoms with van der Waals surface area (Å²) in [7, 11) is 0. The highest BCUT2D eigenvalue weighted by Crippen LogP contribution is 2.41. The van der Waals surface area contributed by atoms with Crippen molar-refractivity contribution >= 4 is 43.5 Å². The van der Waals surface area contributed by atoms with Gasteiger partial charge in [0.1, 0.15) is 5.76 Å². The van der Waals surface area contributed by atoms with Gasteiger partial charge in [0.25, 0.3) is 0 Å². The molecule has 1 aliphatic carbocycles. The van der Waals surface area contributed by atoms with Crippen molar-refractivity contribution in [2.75, 3.05) is 17.6 Å². The zero-order valence-corrected chi connectivity index (χ0v) is 19.7. The van der Waals surface area contributed by atoms with E-state index in [0.717, 1.165) is 75.4 Å². The maximum atomic E-state index is 9.82. The Kier molecular flexibility index (Phi) is 5.23. The van der Waals surface area contributed by atoms with Crippen LogP contribution in [0.4, 0.5) is 10.9 Å². The molecule has 0 amide bonds. The number of furan rings is 1. The molecule has 6 rings (SSSR count). The fourth-order valence-corrected chi connectivity index (χ4v) is 5.83. The number of nitrogens with zero attached hydrogens (tertiary/aromatic N) is 4. The van der Waals surface area contributed by atoms with E-state index in [1.165, 1.54) is 0 Å². The maximum Gasteiger partial charge on any atom is 0.183 e. The Morgan fingerprint density at radius 2 is 2.06 bits per heavy atom. The molecule has 5 aromatic rings. The maximum absolute atomic E-state index is 9.82. The zero-order valence-electron chi connectivity index (χ0n) is 18.9. The van der Waals surface area contributed by atoms with E-state index in [9.17, 15) is 5.11 Å². The molecule has 1 aliphatic rings. The molecule has 0 aliphatic heterocycles. The van der Waals surface area contributed by atoms with Crippen molar-refractivity contribution in [3.05, 3.63) is 42.9 Å². The number of aliphatic hydroxyl groups excluding tert-OH is 1. The van der Waals surface area contributed by atoms with Crippen LogP contribution in [0.25, 0.3) is 43.6 Å². The lowest BCUT2D eigenvalue weighted by molar-refractivity contribution is 0.108. The number of aliphatic hydroxyl groups is 1. The largest absolute Gasteiger partial charge is 0.452 e.